The van der Waals surface area contributed by atoms with Gasteiger partial charge in [-0.15, -0.1) is 6.58 Å². The van der Waals surface area contributed by atoms with E-state index in [4.69, 9.17) is 5.84 Å². The van der Waals surface area contributed by atoms with Gasteiger partial charge in [0.15, 0.2) is 0 Å². The van der Waals surface area contributed by atoms with E-state index in [1.165, 1.54) is 25.7 Å². The SMILES string of the molecule is C=CCCN(N)C1(I)CCCC1. The number of hydrogen-bond acceptors (Lipinski definition) is 2. The number of hydrazine groups is 1. The molecule has 0 aromatic rings. The Morgan fingerprint density at radius 3 is 2.58 bits per heavy atom. The molecule has 0 aromatic heterocycles. The van der Waals surface area contributed by atoms with Gasteiger partial charge >= 0.3 is 0 Å². The summed E-state index contributed by atoms with van der Waals surface area (Å²) in [6, 6.07) is 0. The van der Waals surface area contributed by atoms with Crippen molar-refractivity contribution in [1.29, 1.82) is 0 Å². The molecule has 0 aliphatic heterocycles. The molecule has 3 heteroatoms. The summed E-state index contributed by atoms with van der Waals surface area (Å²) < 4.78 is 0.237. The second-order valence-corrected chi connectivity index (χ2v) is 5.40. The maximum Gasteiger partial charge on any atom is 0.0862 e. The van der Waals surface area contributed by atoms with Crippen molar-refractivity contribution in [2.45, 2.75) is 35.6 Å². The fourth-order valence-electron chi connectivity index (χ4n) is 1.63. The Hall–Kier alpha value is 0.390. The number of alkyl halides is 1. The minimum absolute atomic E-state index is 0.237. The predicted octanol–water partition coefficient (Wildman–Crippen LogP) is 2.44. The number of rotatable bonds is 4. The Kier molecular flexibility index (Phi) is 3.99. The van der Waals surface area contributed by atoms with Gasteiger partial charge in [0.2, 0.25) is 0 Å². The minimum atomic E-state index is 0.237. The van der Waals surface area contributed by atoms with Crippen LogP contribution in [0.1, 0.15) is 32.1 Å². The van der Waals surface area contributed by atoms with Crippen molar-refractivity contribution in [3.63, 3.8) is 0 Å². The molecule has 12 heavy (non-hydrogen) atoms. The molecule has 2 nitrogen and oxygen atoms in total. The molecule has 0 radical (unpaired) electrons. The maximum atomic E-state index is 5.98. The Balaban J connectivity index is 2.38. The van der Waals surface area contributed by atoms with E-state index in [0.29, 0.717) is 0 Å². The molecule has 1 rings (SSSR count). The van der Waals surface area contributed by atoms with Crippen LogP contribution in [0.2, 0.25) is 0 Å². The third-order valence-electron chi connectivity index (χ3n) is 2.46. The first kappa shape index (κ1) is 10.5. The molecule has 0 saturated heterocycles. The Bertz CT molecular complexity index is 153. The lowest BCUT2D eigenvalue weighted by molar-refractivity contribution is 0.193. The van der Waals surface area contributed by atoms with Crippen molar-refractivity contribution in [2.75, 3.05) is 6.54 Å². The van der Waals surface area contributed by atoms with E-state index < -0.39 is 0 Å². The highest BCUT2D eigenvalue weighted by Crippen LogP contribution is 2.39. The molecule has 0 aromatic carbocycles. The highest BCUT2D eigenvalue weighted by Gasteiger charge is 2.34. The number of nitrogens with zero attached hydrogens (tertiary/aromatic N) is 1. The molecule has 1 aliphatic rings. The van der Waals surface area contributed by atoms with Crippen LogP contribution in [-0.2, 0) is 0 Å². The van der Waals surface area contributed by atoms with Crippen molar-refractivity contribution < 1.29 is 0 Å². The third-order valence-corrected chi connectivity index (χ3v) is 4.16. The van der Waals surface area contributed by atoms with E-state index >= 15 is 0 Å². The first-order valence-electron chi connectivity index (χ1n) is 4.51. The molecule has 0 spiro atoms. The number of nitrogens with two attached hydrogens (primary N) is 1. The van der Waals surface area contributed by atoms with Crippen molar-refractivity contribution in [1.82, 2.24) is 5.01 Å². The van der Waals surface area contributed by atoms with Gasteiger partial charge < -0.3 is 0 Å². The monoisotopic (exact) mass is 280 g/mol. The molecule has 1 saturated carbocycles. The molecule has 2 N–H and O–H groups in total. The molecule has 0 bridgehead atoms. The number of hydrogen-bond donors (Lipinski definition) is 1. The zero-order valence-electron chi connectivity index (χ0n) is 7.43. The fourth-order valence-corrected chi connectivity index (χ4v) is 2.64. The zero-order valence-corrected chi connectivity index (χ0v) is 9.59. The van der Waals surface area contributed by atoms with E-state index in [0.717, 1.165) is 13.0 Å². The van der Waals surface area contributed by atoms with Gasteiger partial charge in [0, 0.05) is 6.54 Å². The lowest BCUT2D eigenvalue weighted by Crippen LogP contribution is -2.47. The van der Waals surface area contributed by atoms with E-state index in [1.807, 2.05) is 11.1 Å². The van der Waals surface area contributed by atoms with Crippen LogP contribution < -0.4 is 5.84 Å². The molecule has 1 aliphatic carbocycles. The van der Waals surface area contributed by atoms with Crippen LogP contribution in [0.3, 0.4) is 0 Å². The summed E-state index contributed by atoms with van der Waals surface area (Å²) in [5.41, 5.74) is 0. The fraction of sp³-hybridized carbons (Fsp3) is 0.778. The summed E-state index contributed by atoms with van der Waals surface area (Å²) in [4.78, 5) is 0. The van der Waals surface area contributed by atoms with Crippen LogP contribution in [0.4, 0.5) is 0 Å². The van der Waals surface area contributed by atoms with Gasteiger partial charge in [0.25, 0.3) is 0 Å². The van der Waals surface area contributed by atoms with Crippen molar-refractivity contribution in [2.24, 2.45) is 5.84 Å². The quantitative estimate of drug-likeness (QED) is 0.214. The Morgan fingerprint density at radius 2 is 2.08 bits per heavy atom. The molecule has 70 valence electrons. The summed E-state index contributed by atoms with van der Waals surface area (Å²) >= 11 is 2.50. The maximum absolute atomic E-state index is 5.98. The Morgan fingerprint density at radius 1 is 1.50 bits per heavy atom. The molecule has 0 amide bonds. The molecular formula is C9H17IN2. The lowest BCUT2D eigenvalue weighted by Gasteiger charge is -2.32. The summed E-state index contributed by atoms with van der Waals surface area (Å²) in [6.45, 7) is 4.63. The van der Waals surface area contributed by atoms with Crippen LogP contribution in [-0.4, -0.2) is 15.1 Å². The topological polar surface area (TPSA) is 29.3 Å². The van der Waals surface area contributed by atoms with Gasteiger partial charge in [-0.3, -0.25) is 5.84 Å². The largest absolute Gasteiger partial charge is 0.268 e. The molecule has 0 unspecified atom stereocenters. The number of halogens is 1. The normalized spacial score (nSPS) is 21.6. The minimum Gasteiger partial charge on any atom is -0.268 e. The van der Waals surface area contributed by atoms with Gasteiger partial charge in [-0.2, -0.15) is 0 Å². The van der Waals surface area contributed by atoms with Crippen LogP contribution in [0.5, 0.6) is 0 Å². The highest BCUT2D eigenvalue weighted by molar-refractivity contribution is 14.1. The highest BCUT2D eigenvalue weighted by atomic mass is 127. The second-order valence-electron chi connectivity index (χ2n) is 3.40. The average Bonchev–Trinajstić information content (AvgIpc) is 2.49. The predicted molar refractivity (Wildman–Crippen MR) is 60.9 cm³/mol. The smallest absolute Gasteiger partial charge is 0.0862 e. The van der Waals surface area contributed by atoms with Crippen molar-refractivity contribution >= 4 is 22.6 Å². The summed E-state index contributed by atoms with van der Waals surface area (Å²) in [5.74, 6) is 5.98. The molecule has 0 heterocycles. The van der Waals surface area contributed by atoms with E-state index in [-0.39, 0.29) is 3.55 Å². The van der Waals surface area contributed by atoms with Crippen LogP contribution >= 0.6 is 22.6 Å². The average molecular weight is 280 g/mol. The second kappa shape index (κ2) is 4.58. The van der Waals surface area contributed by atoms with Gasteiger partial charge in [-0.1, -0.05) is 41.5 Å². The van der Waals surface area contributed by atoms with Gasteiger partial charge in [-0.05, 0) is 19.3 Å². The van der Waals surface area contributed by atoms with Gasteiger partial charge in [0.05, 0.1) is 3.55 Å². The van der Waals surface area contributed by atoms with Crippen molar-refractivity contribution in [3.05, 3.63) is 12.7 Å². The molecule has 0 atom stereocenters. The Labute approximate surface area is 88.3 Å². The van der Waals surface area contributed by atoms with Gasteiger partial charge in [0.1, 0.15) is 0 Å². The first-order chi connectivity index (χ1) is 5.69. The van der Waals surface area contributed by atoms with Crippen LogP contribution in [0.25, 0.3) is 0 Å². The van der Waals surface area contributed by atoms with E-state index in [2.05, 4.69) is 29.2 Å². The third kappa shape index (κ3) is 2.44. The first-order valence-corrected chi connectivity index (χ1v) is 5.59. The van der Waals surface area contributed by atoms with E-state index in [9.17, 15) is 0 Å². The summed E-state index contributed by atoms with van der Waals surface area (Å²) in [7, 11) is 0. The zero-order chi connectivity index (χ0) is 9.03. The lowest BCUT2D eigenvalue weighted by atomic mass is 10.2. The van der Waals surface area contributed by atoms with Crippen molar-refractivity contribution in [3.8, 4) is 0 Å². The van der Waals surface area contributed by atoms with E-state index in [1.54, 1.807) is 0 Å². The standard InChI is InChI=1S/C9H17IN2/c1-2-3-8-12(11)9(10)6-4-5-7-9/h2H,1,3-8,11H2. The molecule has 1 fully saturated rings. The van der Waals surface area contributed by atoms with Crippen LogP contribution in [0, 0.1) is 0 Å². The summed E-state index contributed by atoms with van der Waals surface area (Å²) in [5, 5.41) is 1.99. The summed E-state index contributed by atoms with van der Waals surface area (Å²) in [6.07, 6.45) is 8.04. The van der Waals surface area contributed by atoms with Gasteiger partial charge in [-0.25, -0.2) is 5.01 Å². The van der Waals surface area contributed by atoms with Crippen LogP contribution in [0.15, 0.2) is 12.7 Å². The molecular weight excluding hydrogens is 263 g/mol.